The third-order valence-electron chi connectivity index (χ3n) is 3.62. The lowest BCUT2D eigenvalue weighted by molar-refractivity contribution is 0.627. The molecule has 24 heavy (non-hydrogen) atoms. The van der Waals surface area contributed by atoms with E-state index < -0.39 is 5.82 Å². The molecule has 0 saturated heterocycles. The monoisotopic (exact) mass is 407 g/mol. The first-order valence-electron chi connectivity index (χ1n) is 6.88. The molecule has 0 unspecified atom stereocenters. The van der Waals surface area contributed by atoms with Crippen LogP contribution in [0.1, 0.15) is 0 Å². The summed E-state index contributed by atoms with van der Waals surface area (Å²) in [5.74, 6) is 0.00157. The highest BCUT2D eigenvalue weighted by Gasteiger charge is 2.16. The summed E-state index contributed by atoms with van der Waals surface area (Å²) in [7, 11) is 1.68. The molecule has 0 aliphatic heterocycles. The van der Waals surface area contributed by atoms with E-state index in [0.717, 1.165) is 10.8 Å². The van der Waals surface area contributed by atoms with Crippen molar-refractivity contribution in [3.8, 4) is 0 Å². The number of aromatic nitrogens is 2. The molecule has 0 spiro atoms. The molecule has 0 bridgehead atoms. The largest absolute Gasteiger partial charge is 0.326 e. The molecule has 122 valence electrons. The van der Waals surface area contributed by atoms with Crippen LogP contribution in [0.2, 0.25) is 5.02 Å². The average Bonchev–Trinajstić information content (AvgIpc) is 2.55. The van der Waals surface area contributed by atoms with Gasteiger partial charge in [0.15, 0.2) is 0 Å². The van der Waals surface area contributed by atoms with Crippen LogP contribution in [0.25, 0.3) is 10.9 Å². The highest BCUT2D eigenvalue weighted by atomic mass is 79.9. The van der Waals surface area contributed by atoms with E-state index >= 15 is 0 Å². The van der Waals surface area contributed by atoms with E-state index in [0.29, 0.717) is 27.4 Å². The Bertz CT molecular complexity index is 1020. The first kappa shape index (κ1) is 16.6. The summed E-state index contributed by atoms with van der Waals surface area (Å²) < 4.78 is 16.2. The number of anilines is 2. The second kappa shape index (κ2) is 6.33. The average molecular weight is 409 g/mol. The summed E-state index contributed by atoms with van der Waals surface area (Å²) in [6, 6.07) is 9.69. The lowest BCUT2D eigenvalue weighted by Gasteiger charge is -2.22. The molecular weight excluding hydrogens is 397 g/mol. The molecule has 0 radical (unpaired) electrons. The van der Waals surface area contributed by atoms with E-state index in [1.807, 2.05) is 0 Å². The Morgan fingerprint density at radius 2 is 2.04 bits per heavy atom. The summed E-state index contributed by atoms with van der Waals surface area (Å²) in [5.41, 5.74) is 0.729. The molecule has 1 heterocycles. The van der Waals surface area contributed by atoms with E-state index in [4.69, 9.17) is 22.4 Å². The first-order chi connectivity index (χ1) is 11.4. The van der Waals surface area contributed by atoms with Gasteiger partial charge in [-0.15, -0.1) is 0 Å². The van der Waals surface area contributed by atoms with Gasteiger partial charge in [-0.3, -0.25) is 15.4 Å². The van der Waals surface area contributed by atoms with Crippen molar-refractivity contribution in [3.05, 3.63) is 57.3 Å². The van der Waals surface area contributed by atoms with Crippen molar-refractivity contribution >= 4 is 56.3 Å². The van der Waals surface area contributed by atoms with E-state index in [-0.39, 0.29) is 5.62 Å². The number of hydrogen-bond donors (Lipinski definition) is 2. The van der Waals surface area contributed by atoms with Crippen molar-refractivity contribution < 1.29 is 4.39 Å². The third-order valence-corrected chi connectivity index (χ3v) is 4.34. The van der Waals surface area contributed by atoms with Gasteiger partial charge < -0.3 is 4.90 Å². The maximum atomic E-state index is 14.2. The number of halogens is 3. The fourth-order valence-corrected chi connectivity index (χ4v) is 2.98. The molecule has 2 N–H and O–H groups in total. The number of nitrogens with zero attached hydrogens (tertiary/aromatic N) is 3. The maximum Gasteiger partial charge on any atom is 0.229 e. The standard InChI is InChI=1S/C16H12BrClFN5/c1-23(14-6-9(17)2-5-12(14)19)15-11-4-3-10(18)7-13(11)24(8-20)16(21)22-15/h2-8,20-21H,1H3. The van der Waals surface area contributed by atoms with E-state index in [1.165, 1.54) is 10.6 Å². The van der Waals surface area contributed by atoms with Gasteiger partial charge in [-0.2, -0.15) is 4.98 Å². The zero-order valence-electron chi connectivity index (χ0n) is 12.5. The predicted octanol–water partition coefficient (Wildman–Crippen LogP) is 4.29. The Balaban J connectivity index is 2.32. The first-order valence-corrected chi connectivity index (χ1v) is 8.05. The summed E-state index contributed by atoms with van der Waals surface area (Å²) in [6.45, 7) is 0. The minimum Gasteiger partial charge on any atom is -0.326 e. The van der Waals surface area contributed by atoms with Crippen molar-refractivity contribution in [1.29, 1.82) is 10.8 Å². The molecule has 0 aliphatic rings. The van der Waals surface area contributed by atoms with Gasteiger partial charge in [0, 0.05) is 21.9 Å². The molecule has 0 fully saturated rings. The van der Waals surface area contributed by atoms with Gasteiger partial charge in [0.2, 0.25) is 5.62 Å². The maximum absolute atomic E-state index is 14.2. The molecule has 0 aliphatic carbocycles. The van der Waals surface area contributed by atoms with Crippen LogP contribution in [-0.4, -0.2) is 22.9 Å². The van der Waals surface area contributed by atoms with Gasteiger partial charge in [-0.05, 0) is 36.4 Å². The quantitative estimate of drug-likeness (QED) is 0.501. The molecular formula is C16H12BrClFN5. The van der Waals surface area contributed by atoms with Crippen molar-refractivity contribution in [1.82, 2.24) is 9.55 Å². The minimum atomic E-state index is -0.403. The second-order valence-corrected chi connectivity index (χ2v) is 6.43. The zero-order chi connectivity index (χ0) is 17.4. The number of nitrogens with one attached hydrogen (secondary N) is 2. The topological polar surface area (TPSA) is 68.8 Å². The molecule has 3 rings (SSSR count). The second-order valence-electron chi connectivity index (χ2n) is 5.07. The molecule has 2 aromatic carbocycles. The molecule has 0 saturated carbocycles. The minimum absolute atomic E-state index is 0.142. The van der Waals surface area contributed by atoms with Crippen LogP contribution in [0.15, 0.2) is 40.9 Å². The van der Waals surface area contributed by atoms with Crippen LogP contribution in [0.5, 0.6) is 0 Å². The van der Waals surface area contributed by atoms with Crippen LogP contribution >= 0.6 is 27.5 Å². The molecule has 3 aromatic rings. The van der Waals surface area contributed by atoms with Crippen molar-refractivity contribution in [3.63, 3.8) is 0 Å². The Kier molecular flexibility index (Phi) is 4.38. The van der Waals surface area contributed by atoms with Gasteiger partial charge >= 0.3 is 0 Å². The smallest absolute Gasteiger partial charge is 0.229 e. The summed E-state index contributed by atoms with van der Waals surface area (Å²) in [4.78, 5) is 5.80. The lowest BCUT2D eigenvalue weighted by Crippen LogP contribution is -2.26. The summed E-state index contributed by atoms with van der Waals surface area (Å²) in [5, 5.41) is 16.7. The van der Waals surface area contributed by atoms with Crippen molar-refractivity contribution in [2.45, 2.75) is 0 Å². The van der Waals surface area contributed by atoms with Gasteiger partial charge in [-0.1, -0.05) is 27.5 Å². The number of benzene rings is 2. The van der Waals surface area contributed by atoms with Gasteiger partial charge in [0.1, 0.15) is 11.6 Å². The third kappa shape index (κ3) is 2.81. The summed E-state index contributed by atoms with van der Waals surface area (Å²) >= 11 is 9.38. The Hall–Kier alpha value is -2.25. The number of fused-ring (bicyclic) bond motifs is 1. The Labute approximate surface area is 150 Å². The normalized spacial score (nSPS) is 10.8. The van der Waals surface area contributed by atoms with E-state index in [2.05, 4.69) is 20.9 Å². The van der Waals surface area contributed by atoms with Gasteiger partial charge in [-0.25, -0.2) is 4.39 Å². The van der Waals surface area contributed by atoms with Crippen LogP contribution in [0.3, 0.4) is 0 Å². The van der Waals surface area contributed by atoms with E-state index in [9.17, 15) is 4.39 Å². The van der Waals surface area contributed by atoms with Gasteiger partial charge in [0.05, 0.1) is 17.5 Å². The summed E-state index contributed by atoms with van der Waals surface area (Å²) in [6.07, 6.45) is 0.997. The predicted molar refractivity (Wildman–Crippen MR) is 96.9 cm³/mol. The van der Waals surface area contributed by atoms with Gasteiger partial charge in [0.25, 0.3) is 0 Å². The number of rotatable bonds is 3. The number of hydrogen-bond acceptors (Lipinski definition) is 4. The lowest BCUT2D eigenvalue weighted by atomic mass is 10.2. The fraction of sp³-hybridized carbons (Fsp3) is 0.0625. The Morgan fingerprint density at radius 3 is 2.75 bits per heavy atom. The van der Waals surface area contributed by atoms with Crippen molar-refractivity contribution in [2.24, 2.45) is 0 Å². The molecule has 0 atom stereocenters. The molecule has 1 aromatic heterocycles. The SMILES string of the molecule is CN(c1cc(Br)ccc1F)c1nc(=N)n(C=N)c2cc(Cl)ccc12. The van der Waals surface area contributed by atoms with E-state index in [1.54, 1.807) is 42.3 Å². The van der Waals surface area contributed by atoms with Crippen LogP contribution < -0.4 is 10.5 Å². The highest BCUT2D eigenvalue weighted by Crippen LogP contribution is 2.32. The highest BCUT2D eigenvalue weighted by molar-refractivity contribution is 9.10. The van der Waals surface area contributed by atoms with Crippen LogP contribution in [0.4, 0.5) is 15.9 Å². The zero-order valence-corrected chi connectivity index (χ0v) is 14.9. The van der Waals surface area contributed by atoms with Crippen molar-refractivity contribution in [2.75, 3.05) is 11.9 Å². The van der Waals surface area contributed by atoms with Crippen LogP contribution in [0, 0.1) is 16.6 Å². The van der Waals surface area contributed by atoms with Crippen LogP contribution in [-0.2, 0) is 0 Å². The Morgan fingerprint density at radius 1 is 1.29 bits per heavy atom. The molecule has 8 heteroatoms. The molecule has 0 amide bonds. The molecule has 5 nitrogen and oxygen atoms in total. The fourth-order valence-electron chi connectivity index (χ4n) is 2.47.